The Morgan fingerprint density at radius 3 is 2.62 bits per heavy atom. The van der Waals surface area contributed by atoms with Crippen LogP contribution in [0.3, 0.4) is 0 Å². The fraction of sp³-hybridized carbons (Fsp3) is 0.393. The zero-order valence-electron chi connectivity index (χ0n) is 19.5. The Hall–Kier alpha value is -3.12. The van der Waals surface area contributed by atoms with Gasteiger partial charge in [0.05, 0.1) is 0 Å². The molecule has 1 unspecified atom stereocenters. The molecule has 6 heteroatoms. The molecular weight excluding hydrogens is 429 g/mol. The molecule has 0 bridgehead atoms. The summed E-state index contributed by atoms with van der Waals surface area (Å²) in [7, 11) is 0. The van der Waals surface area contributed by atoms with E-state index in [2.05, 4.69) is 9.88 Å². The Bertz CT molecular complexity index is 1110. The Balaban J connectivity index is 1.29. The smallest absolute Gasteiger partial charge is 0.166 e. The van der Waals surface area contributed by atoms with Gasteiger partial charge in [-0.15, -0.1) is 0 Å². The van der Waals surface area contributed by atoms with Crippen molar-refractivity contribution in [1.29, 1.82) is 0 Å². The van der Waals surface area contributed by atoms with Crippen molar-refractivity contribution in [2.75, 3.05) is 32.0 Å². The van der Waals surface area contributed by atoms with Gasteiger partial charge in [-0.2, -0.15) is 0 Å². The molecule has 2 aliphatic rings. The number of anilines is 1. The lowest BCUT2D eigenvalue weighted by molar-refractivity contribution is 0.194. The zero-order valence-corrected chi connectivity index (χ0v) is 19.5. The predicted molar refractivity (Wildman–Crippen MR) is 133 cm³/mol. The third-order valence-electron chi connectivity index (χ3n) is 6.83. The lowest BCUT2D eigenvalue weighted by Gasteiger charge is -2.21. The van der Waals surface area contributed by atoms with Gasteiger partial charge in [0.2, 0.25) is 0 Å². The SMILES string of the molecule is Nc1ncc(-c2ccc(OCCN3CCCC3)cc2)cc1OC1CCCCc2ccc(F)cc21. The minimum Gasteiger partial charge on any atom is -0.492 e. The maximum atomic E-state index is 14.0. The Morgan fingerprint density at radius 2 is 1.79 bits per heavy atom. The van der Waals surface area contributed by atoms with Crippen molar-refractivity contribution in [3.05, 3.63) is 71.7 Å². The molecule has 2 heterocycles. The predicted octanol–water partition coefficient (Wildman–Crippen LogP) is 5.79. The van der Waals surface area contributed by atoms with Gasteiger partial charge < -0.3 is 15.2 Å². The molecule has 1 fully saturated rings. The van der Waals surface area contributed by atoms with Gasteiger partial charge in [0.25, 0.3) is 0 Å². The number of nitrogen functional groups attached to an aromatic ring is 1. The van der Waals surface area contributed by atoms with Crippen molar-refractivity contribution in [3.63, 3.8) is 0 Å². The first-order valence-electron chi connectivity index (χ1n) is 12.3. The molecule has 0 radical (unpaired) electrons. The number of likely N-dealkylation sites (tertiary alicyclic amines) is 1. The molecule has 2 N–H and O–H groups in total. The van der Waals surface area contributed by atoms with Gasteiger partial charge >= 0.3 is 0 Å². The number of aryl methyl sites for hydroxylation is 1. The fourth-order valence-corrected chi connectivity index (χ4v) is 4.92. The molecule has 0 amide bonds. The first-order valence-corrected chi connectivity index (χ1v) is 12.3. The van der Waals surface area contributed by atoms with Crippen molar-refractivity contribution >= 4 is 5.82 Å². The number of benzene rings is 2. The average molecular weight is 462 g/mol. The topological polar surface area (TPSA) is 60.6 Å². The molecule has 5 nitrogen and oxygen atoms in total. The first kappa shape index (κ1) is 22.7. The molecule has 2 aromatic carbocycles. The third kappa shape index (κ3) is 5.33. The van der Waals surface area contributed by atoms with E-state index in [9.17, 15) is 4.39 Å². The number of hydrogen-bond acceptors (Lipinski definition) is 5. The second kappa shape index (κ2) is 10.4. The highest BCUT2D eigenvalue weighted by molar-refractivity contribution is 5.67. The van der Waals surface area contributed by atoms with Gasteiger partial charge in [0.1, 0.15) is 24.3 Å². The number of rotatable bonds is 7. The van der Waals surface area contributed by atoms with Crippen LogP contribution >= 0.6 is 0 Å². The van der Waals surface area contributed by atoms with Crippen LogP contribution in [0.15, 0.2) is 54.7 Å². The monoisotopic (exact) mass is 461 g/mol. The first-order chi connectivity index (χ1) is 16.7. The van der Waals surface area contributed by atoms with Crippen LogP contribution < -0.4 is 15.2 Å². The van der Waals surface area contributed by atoms with E-state index in [0.29, 0.717) is 18.2 Å². The molecule has 1 atom stereocenters. The van der Waals surface area contributed by atoms with E-state index >= 15 is 0 Å². The normalized spacial score (nSPS) is 18.3. The highest BCUT2D eigenvalue weighted by atomic mass is 19.1. The number of halogens is 1. The van der Waals surface area contributed by atoms with E-state index in [-0.39, 0.29) is 11.9 Å². The molecule has 1 aliphatic heterocycles. The Kier molecular flexibility index (Phi) is 6.95. The number of pyridine rings is 1. The summed E-state index contributed by atoms with van der Waals surface area (Å²) in [6.07, 6.45) is 7.96. The Morgan fingerprint density at radius 1 is 0.971 bits per heavy atom. The van der Waals surface area contributed by atoms with Gasteiger partial charge in [0, 0.05) is 18.3 Å². The van der Waals surface area contributed by atoms with E-state index in [0.717, 1.165) is 60.2 Å². The largest absolute Gasteiger partial charge is 0.492 e. The molecule has 1 aromatic heterocycles. The summed E-state index contributed by atoms with van der Waals surface area (Å²) in [6.45, 7) is 4.03. The average Bonchev–Trinajstić information content (AvgIpc) is 3.29. The van der Waals surface area contributed by atoms with Gasteiger partial charge in [0.15, 0.2) is 11.6 Å². The summed E-state index contributed by atoms with van der Waals surface area (Å²) in [5, 5.41) is 0. The second-order valence-corrected chi connectivity index (χ2v) is 9.22. The van der Waals surface area contributed by atoms with Gasteiger partial charge in [-0.25, -0.2) is 9.37 Å². The summed E-state index contributed by atoms with van der Waals surface area (Å²) < 4.78 is 26.3. The maximum Gasteiger partial charge on any atom is 0.166 e. The van der Waals surface area contributed by atoms with Crippen molar-refractivity contribution < 1.29 is 13.9 Å². The lowest BCUT2D eigenvalue weighted by atomic mass is 10.0. The maximum absolute atomic E-state index is 14.0. The number of nitrogens with two attached hydrogens (primary N) is 1. The number of fused-ring (bicyclic) bond motifs is 1. The van der Waals surface area contributed by atoms with E-state index in [1.54, 1.807) is 12.3 Å². The highest BCUT2D eigenvalue weighted by Crippen LogP contribution is 2.36. The van der Waals surface area contributed by atoms with Crippen LogP contribution in [-0.4, -0.2) is 36.1 Å². The van der Waals surface area contributed by atoms with E-state index in [1.807, 2.05) is 36.4 Å². The number of nitrogens with zero attached hydrogens (tertiary/aromatic N) is 2. The van der Waals surface area contributed by atoms with Crippen LogP contribution in [0, 0.1) is 5.82 Å². The number of aromatic nitrogens is 1. The quantitative estimate of drug-likeness (QED) is 0.451. The molecule has 34 heavy (non-hydrogen) atoms. The molecule has 0 saturated carbocycles. The minimum absolute atomic E-state index is 0.237. The lowest BCUT2D eigenvalue weighted by Crippen LogP contribution is -2.25. The molecule has 1 saturated heterocycles. The van der Waals surface area contributed by atoms with Gasteiger partial charge in [-0.1, -0.05) is 18.2 Å². The molecule has 178 valence electrons. The van der Waals surface area contributed by atoms with E-state index in [4.69, 9.17) is 15.2 Å². The van der Waals surface area contributed by atoms with Crippen LogP contribution in [0.4, 0.5) is 10.2 Å². The van der Waals surface area contributed by atoms with Crippen LogP contribution in [0.2, 0.25) is 0 Å². The summed E-state index contributed by atoms with van der Waals surface area (Å²) in [6, 6.07) is 14.9. The zero-order chi connectivity index (χ0) is 23.3. The van der Waals surface area contributed by atoms with E-state index < -0.39 is 0 Å². The van der Waals surface area contributed by atoms with E-state index in [1.165, 1.54) is 32.0 Å². The highest BCUT2D eigenvalue weighted by Gasteiger charge is 2.22. The third-order valence-corrected chi connectivity index (χ3v) is 6.83. The summed E-state index contributed by atoms with van der Waals surface area (Å²) in [5.41, 5.74) is 10.2. The molecule has 5 rings (SSSR count). The van der Waals surface area contributed by atoms with Gasteiger partial charge in [-0.05, 0) is 98.6 Å². The molecule has 0 spiro atoms. The Labute approximate surface area is 200 Å². The van der Waals surface area contributed by atoms with Crippen LogP contribution in [0.25, 0.3) is 11.1 Å². The van der Waals surface area contributed by atoms with Crippen LogP contribution in [0.1, 0.15) is 49.3 Å². The van der Waals surface area contributed by atoms with Crippen molar-refractivity contribution in [2.24, 2.45) is 0 Å². The molecular formula is C28H32FN3O2. The second-order valence-electron chi connectivity index (χ2n) is 9.22. The van der Waals surface area contributed by atoms with Gasteiger partial charge in [-0.3, -0.25) is 4.90 Å². The number of hydrogen-bond donors (Lipinski definition) is 1. The van der Waals surface area contributed by atoms with Crippen LogP contribution in [-0.2, 0) is 6.42 Å². The summed E-state index contributed by atoms with van der Waals surface area (Å²) in [4.78, 5) is 6.82. The van der Waals surface area contributed by atoms with Crippen molar-refractivity contribution in [2.45, 2.75) is 44.6 Å². The summed E-state index contributed by atoms with van der Waals surface area (Å²) in [5.74, 6) is 1.50. The fourth-order valence-electron chi connectivity index (χ4n) is 4.92. The molecule has 3 aromatic rings. The summed E-state index contributed by atoms with van der Waals surface area (Å²) >= 11 is 0. The number of ether oxygens (including phenoxy) is 2. The van der Waals surface area contributed by atoms with Crippen molar-refractivity contribution in [1.82, 2.24) is 9.88 Å². The molecule has 1 aliphatic carbocycles. The van der Waals surface area contributed by atoms with Crippen molar-refractivity contribution in [3.8, 4) is 22.6 Å². The minimum atomic E-state index is -0.239. The van der Waals surface area contributed by atoms with Crippen LogP contribution in [0.5, 0.6) is 11.5 Å². The standard InChI is InChI=1S/C28H32FN3O2/c29-23-10-7-21-5-1-2-6-26(25(21)18-23)34-27-17-22(19-31-28(27)30)20-8-11-24(12-9-20)33-16-15-32-13-3-4-14-32/h7-12,17-19,26H,1-6,13-16H2,(H2,30,31).